The Kier molecular flexibility index (Phi) is 2.91. The van der Waals surface area contributed by atoms with Crippen LogP contribution < -0.4 is 0 Å². The van der Waals surface area contributed by atoms with Gasteiger partial charge in [-0.2, -0.15) is 0 Å². The van der Waals surface area contributed by atoms with Crippen molar-refractivity contribution < 1.29 is 0 Å². The summed E-state index contributed by atoms with van der Waals surface area (Å²) in [5.74, 6) is 0.580. The van der Waals surface area contributed by atoms with Gasteiger partial charge in [0.15, 0.2) is 0 Å². The molecular weight excluding hydrogens is 276 g/mol. The van der Waals surface area contributed by atoms with Gasteiger partial charge >= 0.3 is 0 Å². The molecule has 0 bridgehead atoms. The van der Waals surface area contributed by atoms with Crippen LogP contribution in [0.2, 0.25) is 0 Å². The van der Waals surface area contributed by atoms with E-state index in [9.17, 15) is 0 Å². The maximum atomic E-state index is 2.45. The Morgan fingerprint density at radius 1 is 0.870 bits per heavy atom. The van der Waals surface area contributed by atoms with Crippen molar-refractivity contribution in [1.29, 1.82) is 0 Å². The highest BCUT2D eigenvalue weighted by Crippen LogP contribution is 2.51. The van der Waals surface area contributed by atoms with E-state index in [1.807, 2.05) is 0 Å². The molecule has 0 saturated carbocycles. The molecule has 3 aliphatic rings. The van der Waals surface area contributed by atoms with Crippen molar-refractivity contribution in [2.45, 2.75) is 31.6 Å². The summed E-state index contributed by atoms with van der Waals surface area (Å²) >= 11 is 0. The Labute approximate surface area is 137 Å². The molecule has 5 rings (SSSR count). The van der Waals surface area contributed by atoms with Crippen molar-refractivity contribution >= 4 is 11.6 Å². The molecule has 112 valence electrons. The first-order valence-electron chi connectivity index (χ1n) is 8.68. The molecule has 0 nitrogen and oxygen atoms in total. The van der Waals surface area contributed by atoms with Crippen LogP contribution in [-0.4, -0.2) is 0 Å². The van der Waals surface area contributed by atoms with E-state index >= 15 is 0 Å². The molecule has 1 atom stereocenters. The normalized spacial score (nSPS) is 21.6. The number of hydrogen-bond acceptors (Lipinski definition) is 0. The van der Waals surface area contributed by atoms with Crippen molar-refractivity contribution in [2.75, 3.05) is 0 Å². The SMILES string of the molecule is C1=Cc2c(cccc2C2CCC3=C2C(c2ccccc2)=CC3)C1. The zero-order chi connectivity index (χ0) is 15.2. The second-order valence-corrected chi connectivity index (χ2v) is 6.82. The van der Waals surface area contributed by atoms with Crippen molar-refractivity contribution in [2.24, 2.45) is 0 Å². The van der Waals surface area contributed by atoms with Crippen LogP contribution in [0.3, 0.4) is 0 Å². The van der Waals surface area contributed by atoms with E-state index in [1.165, 1.54) is 35.1 Å². The van der Waals surface area contributed by atoms with Crippen LogP contribution >= 0.6 is 0 Å². The molecule has 0 aliphatic heterocycles. The third kappa shape index (κ3) is 1.98. The van der Waals surface area contributed by atoms with Crippen molar-refractivity contribution in [3.8, 4) is 0 Å². The lowest BCUT2D eigenvalue weighted by Crippen LogP contribution is -2.03. The van der Waals surface area contributed by atoms with E-state index in [2.05, 4.69) is 66.8 Å². The lowest BCUT2D eigenvalue weighted by Gasteiger charge is -2.20. The molecule has 2 aromatic carbocycles. The van der Waals surface area contributed by atoms with Gasteiger partial charge in [0.05, 0.1) is 0 Å². The standard InChI is InChI=1S/C23H20/c1-2-6-17(7-3-1)20-14-12-18-13-15-22(23(18)20)21-11-5-9-16-8-4-10-19(16)21/h1-7,9-11,14,22H,8,12-13,15H2. The maximum absolute atomic E-state index is 2.45. The lowest BCUT2D eigenvalue weighted by molar-refractivity contribution is 0.771. The molecule has 0 aromatic heterocycles. The number of hydrogen-bond donors (Lipinski definition) is 0. The average Bonchev–Trinajstić information content (AvgIpc) is 3.31. The van der Waals surface area contributed by atoms with Gasteiger partial charge in [0.2, 0.25) is 0 Å². The molecule has 2 aromatic rings. The van der Waals surface area contributed by atoms with Gasteiger partial charge in [-0.25, -0.2) is 0 Å². The summed E-state index contributed by atoms with van der Waals surface area (Å²) in [6, 6.07) is 17.8. The lowest BCUT2D eigenvalue weighted by atomic mass is 9.83. The van der Waals surface area contributed by atoms with Crippen LogP contribution in [0.15, 0.2) is 71.8 Å². The van der Waals surface area contributed by atoms with Crippen molar-refractivity contribution in [3.05, 3.63) is 94.1 Å². The highest BCUT2D eigenvalue weighted by atomic mass is 14.4. The van der Waals surface area contributed by atoms with Crippen molar-refractivity contribution in [3.63, 3.8) is 0 Å². The van der Waals surface area contributed by atoms with Crippen LogP contribution in [0.1, 0.15) is 47.4 Å². The third-order valence-corrected chi connectivity index (χ3v) is 5.62. The number of allylic oxidation sites excluding steroid dienone is 5. The Hall–Kier alpha value is -2.34. The number of fused-ring (bicyclic) bond motifs is 1. The van der Waals surface area contributed by atoms with E-state index < -0.39 is 0 Å². The predicted octanol–water partition coefficient (Wildman–Crippen LogP) is 5.92. The summed E-state index contributed by atoms with van der Waals surface area (Å²) < 4.78 is 0. The van der Waals surface area contributed by atoms with E-state index in [0.29, 0.717) is 5.92 Å². The summed E-state index contributed by atoms with van der Waals surface area (Å²) in [5, 5.41) is 0. The first-order valence-corrected chi connectivity index (χ1v) is 8.68. The Balaban J connectivity index is 1.61. The molecular formula is C23H20. The Bertz CT molecular complexity index is 862. The van der Waals surface area contributed by atoms with E-state index in [1.54, 1.807) is 16.7 Å². The highest BCUT2D eigenvalue weighted by molar-refractivity contribution is 5.86. The van der Waals surface area contributed by atoms with Gasteiger partial charge in [0.25, 0.3) is 0 Å². The van der Waals surface area contributed by atoms with Gasteiger partial charge in [0, 0.05) is 5.92 Å². The number of rotatable bonds is 2. The molecule has 0 N–H and O–H groups in total. The smallest absolute Gasteiger partial charge is 0.0104 e. The zero-order valence-corrected chi connectivity index (χ0v) is 13.3. The van der Waals surface area contributed by atoms with Gasteiger partial charge in [-0.15, -0.1) is 0 Å². The first-order chi connectivity index (χ1) is 11.4. The average molecular weight is 296 g/mol. The fraction of sp³-hybridized carbons (Fsp3) is 0.217. The molecule has 0 saturated heterocycles. The molecule has 0 amide bonds. The largest absolute Gasteiger partial charge is 0.0795 e. The van der Waals surface area contributed by atoms with Crippen LogP contribution in [0.5, 0.6) is 0 Å². The van der Waals surface area contributed by atoms with E-state index in [-0.39, 0.29) is 0 Å². The van der Waals surface area contributed by atoms with Crippen LogP contribution in [0.4, 0.5) is 0 Å². The summed E-state index contributed by atoms with van der Waals surface area (Å²) in [6.45, 7) is 0. The molecule has 23 heavy (non-hydrogen) atoms. The summed E-state index contributed by atoms with van der Waals surface area (Å²) in [5.41, 5.74) is 10.7. The third-order valence-electron chi connectivity index (χ3n) is 5.62. The van der Waals surface area contributed by atoms with Crippen LogP contribution in [0.25, 0.3) is 11.6 Å². The van der Waals surface area contributed by atoms with Crippen molar-refractivity contribution in [1.82, 2.24) is 0 Å². The fourth-order valence-electron chi connectivity index (χ4n) is 4.59. The second kappa shape index (κ2) is 5.09. The van der Waals surface area contributed by atoms with Crippen LogP contribution in [0, 0.1) is 0 Å². The zero-order valence-electron chi connectivity index (χ0n) is 13.3. The molecule has 3 aliphatic carbocycles. The highest BCUT2D eigenvalue weighted by Gasteiger charge is 2.33. The van der Waals surface area contributed by atoms with Gasteiger partial charge in [0.1, 0.15) is 0 Å². The molecule has 1 unspecified atom stereocenters. The van der Waals surface area contributed by atoms with Gasteiger partial charge in [-0.3, -0.25) is 0 Å². The summed E-state index contributed by atoms with van der Waals surface area (Å²) in [7, 11) is 0. The van der Waals surface area contributed by atoms with E-state index in [4.69, 9.17) is 0 Å². The topological polar surface area (TPSA) is 0 Å². The minimum absolute atomic E-state index is 0.580. The van der Waals surface area contributed by atoms with Gasteiger partial charge < -0.3 is 0 Å². The quantitative estimate of drug-likeness (QED) is 0.645. The van der Waals surface area contributed by atoms with Crippen LogP contribution in [-0.2, 0) is 6.42 Å². The summed E-state index contributed by atoms with van der Waals surface area (Å²) in [4.78, 5) is 0. The van der Waals surface area contributed by atoms with E-state index in [0.717, 1.165) is 12.8 Å². The molecule has 0 radical (unpaired) electrons. The number of benzene rings is 2. The fourth-order valence-corrected chi connectivity index (χ4v) is 4.59. The molecule has 0 fully saturated rings. The van der Waals surface area contributed by atoms with Gasteiger partial charge in [-0.05, 0) is 59.1 Å². The minimum Gasteiger partial charge on any atom is -0.0795 e. The predicted molar refractivity (Wildman–Crippen MR) is 97.2 cm³/mol. The molecule has 0 spiro atoms. The van der Waals surface area contributed by atoms with Gasteiger partial charge in [-0.1, -0.05) is 72.3 Å². The Morgan fingerprint density at radius 3 is 2.70 bits per heavy atom. The minimum atomic E-state index is 0.580. The monoisotopic (exact) mass is 296 g/mol. The maximum Gasteiger partial charge on any atom is 0.0104 e. The second-order valence-electron chi connectivity index (χ2n) is 6.82. The molecule has 0 heterocycles. The first kappa shape index (κ1) is 13.1. The summed E-state index contributed by atoms with van der Waals surface area (Å²) in [6.07, 6.45) is 11.9. The Morgan fingerprint density at radius 2 is 1.78 bits per heavy atom. The molecule has 0 heteroatoms.